The van der Waals surface area contributed by atoms with Gasteiger partial charge in [0.15, 0.2) is 0 Å². The first kappa shape index (κ1) is 15.9. The van der Waals surface area contributed by atoms with Crippen molar-refractivity contribution in [3.8, 4) is 0 Å². The number of rotatable bonds is 5. The maximum atomic E-state index is 12.8. The minimum absolute atomic E-state index is 0.00114. The third-order valence-corrected chi connectivity index (χ3v) is 4.12. The fraction of sp³-hybridized carbons (Fsp3) is 0.375. The molecule has 0 amide bonds. The number of halogens is 1. The van der Waals surface area contributed by atoms with Gasteiger partial charge in [-0.3, -0.25) is 9.48 Å². The summed E-state index contributed by atoms with van der Waals surface area (Å²) in [5.74, 6) is 0.00114. The molecule has 0 bridgehead atoms. The summed E-state index contributed by atoms with van der Waals surface area (Å²) in [5, 5.41) is 4.30. The molecule has 4 nitrogen and oxygen atoms in total. The summed E-state index contributed by atoms with van der Waals surface area (Å²) in [4.78, 5) is 14.8. The molecule has 0 aliphatic heterocycles. The van der Waals surface area contributed by atoms with Gasteiger partial charge in [-0.15, -0.1) is 0 Å². The molecule has 1 heterocycles. The minimum atomic E-state index is 0.00114. The molecule has 0 N–H and O–H groups in total. The standard InChI is InChI=1S/C16H20BrN3O/c1-11-5-6-13(9-12(11)2)16(21)15-14(17)10-18-20(15)8-7-19(3)4/h5-6,9-10H,7-8H2,1-4H3. The topological polar surface area (TPSA) is 38.1 Å². The summed E-state index contributed by atoms with van der Waals surface area (Å²) < 4.78 is 2.51. The van der Waals surface area contributed by atoms with Crippen LogP contribution in [0.25, 0.3) is 0 Å². The normalized spacial score (nSPS) is 11.1. The molecule has 5 heteroatoms. The van der Waals surface area contributed by atoms with Crippen LogP contribution in [0.1, 0.15) is 27.2 Å². The zero-order chi connectivity index (χ0) is 15.6. The second kappa shape index (κ2) is 6.54. The molecule has 0 saturated carbocycles. The monoisotopic (exact) mass is 349 g/mol. The molecule has 0 aliphatic rings. The molecule has 0 unspecified atom stereocenters. The van der Waals surface area contributed by atoms with Crippen molar-refractivity contribution in [3.63, 3.8) is 0 Å². The van der Waals surface area contributed by atoms with Gasteiger partial charge in [-0.25, -0.2) is 0 Å². The van der Waals surface area contributed by atoms with Crippen LogP contribution in [0.5, 0.6) is 0 Å². The van der Waals surface area contributed by atoms with Crippen LogP contribution in [-0.4, -0.2) is 41.1 Å². The molecule has 0 atom stereocenters. The zero-order valence-electron chi connectivity index (χ0n) is 12.9. The average molecular weight is 350 g/mol. The highest BCUT2D eigenvalue weighted by atomic mass is 79.9. The van der Waals surface area contributed by atoms with E-state index in [9.17, 15) is 4.79 Å². The molecule has 2 rings (SSSR count). The lowest BCUT2D eigenvalue weighted by atomic mass is 10.0. The highest BCUT2D eigenvalue weighted by Crippen LogP contribution is 2.21. The van der Waals surface area contributed by atoms with Crippen LogP contribution in [-0.2, 0) is 6.54 Å². The molecule has 1 aromatic carbocycles. The molecular formula is C16H20BrN3O. The Morgan fingerprint density at radius 2 is 2.00 bits per heavy atom. The predicted octanol–water partition coefficient (Wildman–Crippen LogP) is 3.06. The van der Waals surface area contributed by atoms with Crippen LogP contribution in [0.2, 0.25) is 0 Å². The Morgan fingerprint density at radius 1 is 1.29 bits per heavy atom. The van der Waals surface area contributed by atoms with Crippen molar-refractivity contribution in [2.75, 3.05) is 20.6 Å². The summed E-state index contributed by atoms with van der Waals surface area (Å²) >= 11 is 3.44. The number of hydrogen-bond donors (Lipinski definition) is 0. The van der Waals surface area contributed by atoms with Crippen molar-refractivity contribution < 1.29 is 4.79 Å². The maximum absolute atomic E-state index is 12.8. The van der Waals surface area contributed by atoms with E-state index in [2.05, 4.69) is 25.9 Å². The Labute approximate surface area is 133 Å². The van der Waals surface area contributed by atoms with E-state index in [1.807, 2.05) is 46.1 Å². The molecule has 0 saturated heterocycles. The van der Waals surface area contributed by atoms with E-state index in [4.69, 9.17) is 0 Å². The van der Waals surface area contributed by atoms with Gasteiger partial charge in [0, 0.05) is 12.1 Å². The number of aryl methyl sites for hydroxylation is 2. The first-order valence-corrected chi connectivity index (χ1v) is 7.67. The van der Waals surface area contributed by atoms with Gasteiger partial charge < -0.3 is 4.90 Å². The van der Waals surface area contributed by atoms with Crippen molar-refractivity contribution in [1.82, 2.24) is 14.7 Å². The van der Waals surface area contributed by atoms with Crippen molar-refractivity contribution in [1.29, 1.82) is 0 Å². The van der Waals surface area contributed by atoms with Crippen molar-refractivity contribution in [2.24, 2.45) is 0 Å². The SMILES string of the molecule is Cc1ccc(C(=O)c2c(Br)cnn2CCN(C)C)cc1C. The van der Waals surface area contributed by atoms with Gasteiger partial charge in [0.25, 0.3) is 0 Å². The van der Waals surface area contributed by atoms with E-state index in [0.29, 0.717) is 17.8 Å². The summed E-state index contributed by atoms with van der Waals surface area (Å²) in [6.45, 7) is 5.58. The van der Waals surface area contributed by atoms with E-state index < -0.39 is 0 Å². The molecular weight excluding hydrogens is 330 g/mol. The van der Waals surface area contributed by atoms with E-state index in [-0.39, 0.29) is 5.78 Å². The minimum Gasteiger partial charge on any atom is -0.308 e. The highest BCUT2D eigenvalue weighted by Gasteiger charge is 2.19. The first-order chi connectivity index (χ1) is 9.90. The fourth-order valence-corrected chi connectivity index (χ4v) is 2.55. The number of ketones is 1. The first-order valence-electron chi connectivity index (χ1n) is 6.88. The second-order valence-electron chi connectivity index (χ2n) is 5.50. The Hall–Kier alpha value is -1.46. The summed E-state index contributed by atoms with van der Waals surface area (Å²) in [6.07, 6.45) is 1.68. The van der Waals surface area contributed by atoms with E-state index in [1.54, 1.807) is 10.9 Å². The number of nitrogens with zero attached hydrogens (tertiary/aromatic N) is 3. The number of benzene rings is 1. The van der Waals surface area contributed by atoms with E-state index in [0.717, 1.165) is 16.6 Å². The third-order valence-electron chi connectivity index (χ3n) is 3.54. The Kier molecular flexibility index (Phi) is 4.96. The number of likely N-dealkylation sites (N-methyl/N-ethyl adjacent to an activating group) is 1. The number of carbonyl (C=O) groups excluding carboxylic acids is 1. The Morgan fingerprint density at radius 3 is 2.62 bits per heavy atom. The second-order valence-corrected chi connectivity index (χ2v) is 6.35. The predicted molar refractivity (Wildman–Crippen MR) is 87.8 cm³/mol. The van der Waals surface area contributed by atoms with Crippen LogP contribution in [0.4, 0.5) is 0 Å². The maximum Gasteiger partial charge on any atom is 0.212 e. The average Bonchev–Trinajstić information content (AvgIpc) is 2.80. The molecule has 0 fully saturated rings. The van der Waals surface area contributed by atoms with E-state index in [1.165, 1.54) is 5.56 Å². The highest BCUT2D eigenvalue weighted by molar-refractivity contribution is 9.10. The van der Waals surface area contributed by atoms with Gasteiger partial charge in [0.05, 0.1) is 17.2 Å². The van der Waals surface area contributed by atoms with Crippen LogP contribution < -0.4 is 0 Å². The molecule has 1 aromatic heterocycles. The lowest BCUT2D eigenvalue weighted by molar-refractivity contribution is 0.102. The lowest BCUT2D eigenvalue weighted by Crippen LogP contribution is -2.21. The smallest absolute Gasteiger partial charge is 0.212 e. The Bertz CT molecular complexity index is 662. The lowest BCUT2D eigenvalue weighted by Gasteiger charge is -2.12. The van der Waals surface area contributed by atoms with Crippen molar-refractivity contribution in [2.45, 2.75) is 20.4 Å². The van der Waals surface area contributed by atoms with Gasteiger partial charge in [0.1, 0.15) is 5.69 Å². The van der Waals surface area contributed by atoms with Gasteiger partial charge in [-0.05, 0) is 61.1 Å². The molecule has 0 spiro atoms. The fourth-order valence-electron chi connectivity index (χ4n) is 2.07. The van der Waals surface area contributed by atoms with Gasteiger partial charge in [0.2, 0.25) is 5.78 Å². The van der Waals surface area contributed by atoms with Crippen molar-refractivity contribution >= 4 is 21.7 Å². The molecule has 2 aromatic rings. The number of carbonyl (C=O) groups is 1. The largest absolute Gasteiger partial charge is 0.308 e. The summed E-state index contributed by atoms with van der Waals surface area (Å²) in [5.41, 5.74) is 3.62. The third kappa shape index (κ3) is 3.60. The van der Waals surface area contributed by atoms with Crippen LogP contribution in [0.15, 0.2) is 28.9 Å². The zero-order valence-corrected chi connectivity index (χ0v) is 14.4. The van der Waals surface area contributed by atoms with Crippen LogP contribution in [0, 0.1) is 13.8 Å². The number of aromatic nitrogens is 2. The quantitative estimate of drug-likeness (QED) is 0.778. The Balaban J connectivity index is 2.34. The van der Waals surface area contributed by atoms with Crippen molar-refractivity contribution in [3.05, 3.63) is 51.3 Å². The van der Waals surface area contributed by atoms with Crippen LogP contribution in [0.3, 0.4) is 0 Å². The molecule has 0 aliphatic carbocycles. The van der Waals surface area contributed by atoms with E-state index >= 15 is 0 Å². The van der Waals surface area contributed by atoms with Gasteiger partial charge in [-0.2, -0.15) is 5.10 Å². The van der Waals surface area contributed by atoms with Crippen LogP contribution >= 0.6 is 15.9 Å². The molecule has 0 radical (unpaired) electrons. The van der Waals surface area contributed by atoms with Gasteiger partial charge in [-0.1, -0.05) is 12.1 Å². The number of hydrogen-bond acceptors (Lipinski definition) is 3. The molecule has 112 valence electrons. The van der Waals surface area contributed by atoms with Gasteiger partial charge >= 0.3 is 0 Å². The summed E-state index contributed by atoms with van der Waals surface area (Å²) in [7, 11) is 4.01. The summed E-state index contributed by atoms with van der Waals surface area (Å²) in [6, 6.07) is 5.80. The molecule has 21 heavy (non-hydrogen) atoms.